The average Bonchev–Trinajstić information content (AvgIpc) is 3.34. The largest absolute Gasteiger partial charge is 0.383 e. The normalized spacial score (nSPS) is 11.2. The number of rotatable bonds is 14. The number of fused-ring (bicyclic) bond motifs is 1. The van der Waals surface area contributed by atoms with Gasteiger partial charge in [-0.05, 0) is 17.5 Å². The maximum atomic E-state index is 13.0. The number of ether oxygens (including phenoxy) is 1. The summed E-state index contributed by atoms with van der Waals surface area (Å²) in [5.41, 5.74) is 3.02. The fraction of sp³-hybridized carbons (Fsp3) is 0.357. The van der Waals surface area contributed by atoms with Crippen molar-refractivity contribution in [1.82, 2.24) is 25.1 Å². The fourth-order valence-corrected chi connectivity index (χ4v) is 4.81. The van der Waals surface area contributed by atoms with E-state index in [-0.39, 0.29) is 11.8 Å². The molecule has 2 aromatic heterocycles. The van der Waals surface area contributed by atoms with Gasteiger partial charge in [-0.2, -0.15) is 5.10 Å². The molecule has 2 N–H and O–H groups in total. The lowest BCUT2D eigenvalue weighted by Gasteiger charge is -2.18. The van der Waals surface area contributed by atoms with Gasteiger partial charge in [0.25, 0.3) is 0 Å². The third-order valence-corrected chi connectivity index (χ3v) is 7.00. The Morgan fingerprint density at radius 2 is 1.73 bits per heavy atom. The molecule has 1 amide bonds. The maximum absolute atomic E-state index is 13.0. The number of benzene rings is 2. The third kappa shape index (κ3) is 7.30. The zero-order valence-corrected chi connectivity index (χ0v) is 22.2. The van der Waals surface area contributed by atoms with Crippen LogP contribution in [0.25, 0.3) is 11.0 Å². The molecule has 0 aliphatic rings. The summed E-state index contributed by atoms with van der Waals surface area (Å²) in [4.78, 5) is 22.4. The highest BCUT2D eigenvalue weighted by molar-refractivity contribution is 7.99. The van der Waals surface area contributed by atoms with Crippen LogP contribution in [0.3, 0.4) is 0 Å². The minimum Gasteiger partial charge on any atom is -0.383 e. The zero-order valence-electron chi connectivity index (χ0n) is 21.4. The van der Waals surface area contributed by atoms with Gasteiger partial charge < -0.3 is 15.4 Å². The molecular weight excluding hydrogens is 484 g/mol. The molecule has 0 bridgehead atoms. The highest BCUT2D eigenvalue weighted by Gasteiger charge is 2.18. The van der Waals surface area contributed by atoms with Crippen molar-refractivity contribution in [3.8, 4) is 0 Å². The smallest absolute Gasteiger partial charge is 0.221 e. The number of hydrogen-bond acceptors (Lipinski definition) is 7. The predicted molar refractivity (Wildman–Crippen MR) is 149 cm³/mol. The first-order chi connectivity index (χ1) is 18.2. The topological polar surface area (TPSA) is 94.0 Å². The molecule has 0 atom stereocenters. The molecule has 0 spiro atoms. The van der Waals surface area contributed by atoms with Crippen LogP contribution in [-0.2, 0) is 16.1 Å². The molecule has 8 nitrogen and oxygen atoms in total. The molecule has 194 valence electrons. The second-order valence-electron chi connectivity index (χ2n) is 8.66. The zero-order chi connectivity index (χ0) is 25.9. The molecule has 0 saturated carbocycles. The van der Waals surface area contributed by atoms with Crippen LogP contribution in [0.4, 0.5) is 5.82 Å². The first kappa shape index (κ1) is 26.6. The van der Waals surface area contributed by atoms with Gasteiger partial charge >= 0.3 is 0 Å². The second-order valence-corrected chi connectivity index (χ2v) is 9.72. The summed E-state index contributed by atoms with van der Waals surface area (Å²) in [5, 5.41) is 12.5. The lowest BCUT2D eigenvalue weighted by molar-refractivity contribution is -0.121. The van der Waals surface area contributed by atoms with Crippen LogP contribution < -0.4 is 10.6 Å². The van der Waals surface area contributed by atoms with E-state index in [0.717, 1.165) is 40.2 Å². The first-order valence-corrected chi connectivity index (χ1v) is 13.6. The minimum absolute atomic E-state index is 0.000411. The van der Waals surface area contributed by atoms with E-state index in [0.29, 0.717) is 37.8 Å². The van der Waals surface area contributed by atoms with Gasteiger partial charge in [0.15, 0.2) is 10.8 Å². The first-order valence-electron chi connectivity index (χ1n) is 12.6. The number of nitrogens with zero attached hydrogens (tertiary/aromatic N) is 4. The Morgan fingerprint density at radius 1 is 1.03 bits per heavy atom. The molecule has 4 aromatic rings. The quantitative estimate of drug-likeness (QED) is 0.142. The summed E-state index contributed by atoms with van der Waals surface area (Å²) < 4.78 is 7.00. The summed E-state index contributed by atoms with van der Waals surface area (Å²) >= 11 is 1.63. The molecule has 4 rings (SSSR count). The summed E-state index contributed by atoms with van der Waals surface area (Å²) in [6.45, 7) is 4.33. The van der Waals surface area contributed by atoms with Crippen molar-refractivity contribution in [3.63, 3.8) is 0 Å². The van der Waals surface area contributed by atoms with Crippen LogP contribution in [-0.4, -0.2) is 58.2 Å². The van der Waals surface area contributed by atoms with Gasteiger partial charge in [-0.25, -0.2) is 14.6 Å². The summed E-state index contributed by atoms with van der Waals surface area (Å²) in [6, 6.07) is 20.3. The van der Waals surface area contributed by atoms with Gasteiger partial charge in [-0.1, -0.05) is 79.3 Å². The number of aromatic nitrogens is 4. The summed E-state index contributed by atoms with van der Waals surface area (Å²) in [6.07, 6.45) is 3.19. The number of nitrogens with one attached hydrogen (secondary N) is 2. The van der Waals surface area contributed by atoms with Gasteiger partial charge in [-0.3, -0.25) is 4.79 Å². The van der Waals surface area contributed by atoms with Gasteiger partial charge in [-0.15, -0.1) is 0 Å². The van der Waals surface area contributed by atoms with Crippen molar-refractivity contribution in [2.45, 2.75) is 37.4 Å². The number of anilines is 1. The van der Waals surface area contributed by atoms with E-state index in [1.807, 2.05) is 41.1 Å². The molecule has 0 saturated heterocycles. The fourth-order valence-electron chi connectivity index (χ4n) is 4.12. The molecule has 2 aromatic carbocycles. The molecule has 9 heteroatoms. The van der Waals surface area contributed by atoms with Gasteiger partial charge in [0, 0.05) is 38.3 Å². The van der Waals surface area contributed by atoms with Crippen molar-refractivity contribution in [2.24, 2.45) is 0 Å². The van der Waals surface area contributed by atoms with E-state index >= 15 is 0 Å². The number of methoxy groups -OCH3 is 1. The van der Waals surface area contributed by atoms with Crippen LogP contribution in [0.1, 0.15) is 36.8 Å². The number of amides is 1. The number of hydrogen-bond donors (Lipinski definition) is 2. The molecule has 0 unspecified atom stereocenters. The van der Waals surface area contributed by atoms with Crippen LogP contribution >= 0.6 is 11.8 Å². The SMILES string of the molecule is CCCSc1nc(NCCOC)c2cnn(CCNC(=O)CC(c3ccccc3)c3ccccc3)c2n1. The average molecular weight is 519 g/mol. The number of carbonyl (C=O) groups is 1. The Balaban J connectivity index is 1.43. The number of thioether (sulfide) groups is 1. The van der Waals surface area contributed by atoms with Crippen molar-refractivity contribution in [3.05, 3.63) is 78.0 Å². The maximum Gasteiger partial charge on any atom is 0.221 e. The van der Waals surface area contributed by atoms with E-state index < -0.39 is 0 Å². The van der Waals surface area contributed by atoms with E-state index in [9.17, 15) is 4.79 Å². The van der Waals surface area contributed by atoms with E-state index in [4.69, 9.17) is 9.72 Å². The predicted octanol–water partition coefficient (Wildman–Crippen LogP) is 4.73. The van der Waals surface area contributed by atoms with Crippen molar-refractivity contribution >= 4 is 34.5 Å². The van der Waals surface area contributed by atoms with Crippen molar-refractivity contribution < 1.29 is 9.53 Å². The Bertz CT molecular complexity index is 1230. The molecule has 0 fully saturated rings. The van der Waals surface area contributed by atoms with Crippen LogP contribution in [0, 0.1) is 0 Å². The molecule has 2 heterocycles. The van der Waals surface area contributed by atoms with Crippen LogP contribution in [0.5, 0.6) is 0 Å². The van der Waals surface area contributed by atoms with Gasteiger partial charge in [0.05, 0.1) is 24.7 Å². The molecule has 0 aliphatic heterocycles. The van der Waals surface area contributed by atoms with E-state index in [1.165, 1.54) is 0 Å². The molecule has 0 radical (unpaired) electrons. The van der Waals surface area contributed by atoms with Gasteiger partial charge in [0.2, 0.25) is 5.91 Å². The number of carbonyl (C=O) groups excluding carboxylic acids is 1. The minimum atomic E-state index is -0.000411. The highest BCUT2D eigenvalue weighted by atomic mass is 32.2. The van der Waals surface area contributed by atoms with E-state index in [1.54, 1.807) is 25.1 Å². The standard InChI is InChI=1S/C28H34N6O2S/c1-3-18-37-28-32-26(30-15-17-36-2)24-20-31-34(27(24)33-28)16-14-29-25(35)19-23(21-10-6-4-7-11-21)22-12-8-5-9-13-22/h4-13,20,23H,3,14-19H2,1-2H3,(H,29,35)(H,30,32,33). The Hall–Kier alpha value is -3.43. The molecular formula is C28H34N6O2S. The van der Waals surface area contributed by atoms with Crippen molar-refractivity contribution in [1.29, 1.82) is 0 Å². The second kappa shape index (κ2) is 13.8. The van der Waals surface area contributed by atoms with Crippen LogP contribution in [0.15, 0.2) is 72.0 Å². The Morgan fingerprint density at radius 3 is 2.38 bits per heavy atom. The Labute approximate surface area is 222 Å². The lowest BCUT2D eigenvalue weighted by atomic mass is 9.88. The monoisotopic (exact) mass is 518 g/mol. The van der Waals surface area contributed by atoms with Crippen LogP contribution in [0.2, 0.25) is 0 Å². The Kier molecular flexibility index (Phi) is 9.90. The summed E-state index contributed by atoms with van der Waals surface area (Å²) in [5.74, 6) is 1.70. The van der Waals surface area contributed by atoms with Gasteiger partial charge in [0.1, 0.15) is 5.82 Å². The molecule has 0 aliphatic carbocycles. The third-order valence-electron chi connectivity index (χ3n) is 5.95. The van der Waals surface area contributed by atoms with Crippen molar-refractivity contribution in [2.75, 3.05) is 37.9 Å². The molecule has 37 heavy (non-hydrogen) atoms. The summed E-state index contributed by atoms with van der Waals surface area (Å²) in [7, 11) is 1.67. The van der Waals surface area contributed by atoms with E-state index in [2.05, 4.69) is 51.9 Å². The lowest BCUT2D eigenvalue weighted by Crippen LogP contribution is -2.29. The highest BCUT2D eigenvalue weighted by Crippen LogP contribution is 2.28.